The minimum Gasteiger partial charge on any atom is -0.491 e. The van der Waals surface area contributed by atoms with Crippen molar-refractivity contribution in [3.05, 3.63) is 145 Å². The van der Waals surface area contributed by atoms with Crippen molar-refractivity contribution < 1.29 is 75.9 Å². The van der Waals surface area contributed by atoms with E-state index < -0.39 is 17.4 Å². The number of fused-ring (bicyclic) bond motifs is 3. The summed E-state index contributed by atoms with van der Waals surface area (Å²) < 4.78 is 77.2. The zero-order chi connectivity index (χ0) is 49.9. The van der Waals surface area contributed by atoms with Crippen LogP contribution in [-0.4, -0.2) is 171 Å². The first kappa shape index (κ1) is 56.4. The first-order valence-electron chi connectivity index (χ1n) is 24.1. The van der Waals surface area contributed by atoms with Crippen molar-refractivity contribution >= 4 is 11.9 Å². The second-order valence-corrected chi connectivity index (χ2v) is 15.5. The van der Waals surface area contributed by atoms with Gasteiger partial charge in [0.05, 0.1) is 138 Å². The van der Waals surface area contributed by atoms with Crippen molar-refractivity contribution in [2.45, 2.75) is 5.41 Å². The second-order valence-electron chi connectivity index (χ2n) is 15.5. The Labute approximate surface area is 417 Å². The molecule has 1 aliphatic rings. The highest BCUT2D eigenvalue weighted by molar-refractivity contribution is 5.86. The number of carbonyl (C=O) groups excluding carboxylic acids is 2. The van der Waals surface area contributed by atoms with Crippen LogP contribution in [0, 0.1) is 0 Å². The van der Waals surface area contributed by atoms with E-state index >= 15 is 0 Å². The van der Waals surface area contributed by atoms with Gasteiger partial charge in [0.25, 0.3) is 0 Å². The topological polar surface area (TPSA) is 163 Å². The van der Waals surface area contributed by atoms with Gasteiger partial charge in [-0.25, -0.2) is 9.59 Å². The quantitative estimate of drug-likeness (QED) is 0.0239. The maximum absolute atomic E-state index is 11.0. The molecule has 0 N–H and O–H groups in total. The first-order valence-corrected chi connectivity index (χ1v) is 24.1. The molecule has 4 aromatic carbocycles. The fourth-order valence-corrected chi connectivity index (χ4v) is 7.55. The number of carbonyl (C=O) groups is 2. The van der Waals surface area contributed by atoms with Crippen LogP contribution in [0.4, 0.5) is 0 Å². The summed E-state index contributed by atoms with van der Waals surface area (Å²) in [6.07, 6.45) is 2.23. The normalized spacial score (nSPS) is 12.2. The smallest absolute Gasteiger partial charge is 0.330 e. The van der Waals surface area contributed by atoms with Crippen LogP contribution in [-0.2, 0) is 71.8 Å². The Morgan fingerprint density at radius 2 is 0.592 bits per heavy atom. The summed E-state index contributed by atoms with van der Waals surface area (Å²) in [4.78, 5) is 21.9. The van der Waals surface area contributed by atoms with Gasteiger partial charge >= 0.3 is 11.9 Å². The molecule has 71 heavy (non-hydrogen) atoms. The van der Waals surface area contributed by atoms with E-state index in [-0.39, 0.29) is 13.2 Å². The Bertz CT molecular complexity index is 1940. The lowest BCUT2D eigenvalue weighted by Gasteiger charge is -2.34. The Balaban J connectivity index is 0.953. The van der Waals surface area contributed by atoms with Crippen LogP contribution in [0.5, 0.6) is 11.5 Å². The molecule has 0 unspecified atom stereocenters. The minimum absolute atomic E-state index is 0.185. The molecule has 0 spiro atoms. The van der Waals surface area contributed by atoms with Gasteiger partial charge in [0.1, 0.15) is 37.9 Å². The molecular formula is C55H70O16. The van der Waals surface area contributed by atoms with E-state index in [0.717, 1.165) is 34.8 Å². The fraction of sp³-hybridized carbons (Fsp3) is 0.455. The minimum atomic E-state index is -0.558. The average molecular weight is 987 g/mol. The number of hydrogen-bond acceptors (Lipinski definition) is 16. The van der Waals surface area contributed by atoms with Gasteiger partial charge < -0.3 is 66.3 Å². The Morgan fingerprint density at radius 1 is 0.338 bits per heavy atom. The highest BCUT2D eigenvalue weighted by Crippen LogP contribution is 2.56. The summed E-state index contributed by atoms with van der Waals surface area (Å²) in [7, 11) is 0. The van der Waals surface area contributed by atoms with Gasteiger partial charge in [-0.05, 0) is 57.6 Å². The van der Waals surface area contributed by atoms with Gasteiger partial charge in [0.15, 0.2) is 0 Å². The van der Waals surface area contributed by atoms with Crippen LogP contribution in [0.25, 0.3) is 11.1 Å². The maximum Gasteiger partial charge on any atom is 0.330 e. The van der Waals surface area contributed by atoms with Gasteiger partial charge in [-0.15, -0.1) is 0 Å². The van der Waals surface area contributed by atoms with Crippen LogP contribution < -0.4 is 9.47 Å². The zero-order valence-electron chi connectivity index (χ0n) is 40.8. The maximum atomic E-state index is 11.0. The number of benzene rings is 4. The van der Waals surface area contributed by atoms with Gasteiger partial charge in [-0.2, -0.15) is 0 Å². The number of hydrogen-bond donors (Lipinski definition) is 0. The molecule has 0 bridgehead atoms. The standard InChI is InChI=1S/C55H70O16/c1-3-53(56)70-43-39-66-35-31-62-27-23-58-21-25-60-29-33-64-37-41-68-47-17-13-45(14-18-47)55(51-11-7-5-9-49(51)50-10-6-8-12-52(50)55)46-15-19-48(20-16-46)69-42-38-65-34-30-61-26-22-59-24-28-63-32-36-67-40-44-71-54(57)4-2/h3-20H,1-2,21-44H2. The van der Waals surface area contributed by atoms with E-state index in [1.54, 1.807) is 0 Å². The Morgan fingerprint density at radius 3 is 0.873 bits per heavy atom. The van der Waals surface area contributed by atoms with Crippen molar-refractivity contribution in [1.29, 1.82) is 0 Å². The molecule has 1 aliphatic carbocycles. The van der Waals surface area contributed by atoms with E-state index in [2.05, 4.69) is 86.0 Å². The predicted molar refractivity (Wildman–Crippen MR) is 265 cm³/mol. The molecule has 16 nitrogen and oxygen atoms in total. The Hall–Kier alpha value is -5.50. The molecule has 0 fully saturated rings. The van der Waals surface area contributed by atoms with Gasteiger partial charge in [0.2, 0.25) is 0 Å². The lowest BCUT2D eigenvalue weighted by Crippen LogP contribution is -2.28. The van der Waals surface area contributed by atoms with Gasteiger partial charge in [-0.1, -0.05) is 86.0 Å². The van der Waals surface area contributed by atoms with E-state index in [0.29, 0.717) is 145 Å². The van der Waals surface area contributed by atoms with E-state index in [4.69, 9.17) is 66.3 Å². The molecule has 4 aromatic rings. The highest BCUT2D eigenvalue weighted by atomic mass is 16.6. The highest BCUT2D eigenvalue weighted by Gasteiger charge is 2.45. The SMILES string of the molecule is C=CC(=O)OCCOCCOCCOCCOCCOCCOc1ccc(C2(c3ccc(OCCOCCOCCOCCOCCOCCOC(=O)C=C)cc3)c3ccccc3-c3ccccc32)cc1. The van der Waals surface area contributed by atoms with Crippen LogP contribution in [0.2, 0.25) is 0 Å². The van der Waals surface area contributed by atoms with Crippen LogP contribution >= 0.6 is 0 Å². The molecule has 16 heteroatoms. The molecule has 0 saturated heterocycles. The summed E-state index contributed by atoms with van der Waals surface area (Å²) in [6, 6.07) is 34.0. The average Bonchev–Trinajstić information content (AvgIpc) is 3.71. The van der Waals surface area contributed by atoms with E-state index in [1.807, 2.05) is 24.3 Å². The third-order valence-electron chi connectivity index (χ3n) is 10.8. The van der Waals surface area contributed by atoms with Crippen molar-refractivity contribution in [2.75, 3.05) is 159 Å². The predicted octanol–water partition coefficient (Wildman–Crippen LogP) is 6.43. The summed E-state index contributed by atoms with van der Waals surface area (Å²) in [5.74, 6) is 0.587. The molecule has 0 heterocycles. The third-order valence-corrected chi connectivity index (χ3v) is 10.8. The van der Waals surface area contributed by atoms with E-state index in [9.17, 15) is 9.59 Å². The third kappa shape index (κ3) is 19.9. The van der Waals surface area contributed by atoms with Crippen molar-refractivity contribution in [3.8, 4) is 22.6 Å². The van der Waals surface area contributed by atoms with Crippen LogP contribution in [0.1, 0.15) is 22.3 Å². The number of esters is 2. The summed E-state index contributed by atoms with van der Waals surface area (Å²) >= 11 is 0. The van der Waals surface area contributed by atoms with Crippen molar-refractivity contribution in [3.63, 3.8) is 0 Å². The molecule has 0 atom stereocenters. The monoisotopic (exact) mass is 986 g/mol. The largest absolute Gasteiger partial charge is 0.491 e. The number of rotatable bonds is 42. The van der Waals surface area contributed by atoms with Crippen molar-refractivity contribution in [1.82, 2.24) is 0 Å². The molecule has 0 aromatic heterocycles. The molecular weight excluding hydrogens is 917 g/mol. The molecule has 386 valence electrons. The number of ether oxygens (including phenoxy) is 14. The molecule has 0 aliphatic heterocycles. The van der Waals surface area contributed by atoms with Crippen molar-refractivity contribution in [2.24, 2.45) is 0 Å². The summed E-state index contributed by atoms with van der Waals surface area (Å²) in [5.41, 5.74) is 6.57. The molecule has 0 amide bonds. The fourth-order valence-electron chi connectivity index (χ4n) is 7.55. The van der Waals surface area contributed by atoms with Crippen LogP contribution in [0.3, 0.4) is 0 Å². The first-order chi connectivity index (χ1) is 35.1. The molecule has 0 saturated carbocycles. The van der Waals surface area contributed by atoms with E-state index in [1.165, 1.54) is 22.3 Å². The molecule has 0 radical (unpaired) electrons. The lowest BCUT2D eigenvalue weighted by atomic mass is 9.68. The summed E-state index contributed by atoms with van der Waals surface area (Å²) in [6.45, 7) is 16.4. The lowest BCUT2D eigenvalue weighted by molar-refractivity contribution is -0.140. The second kappa shape index (κ2) is 34.8. The summed E-state index contributed by atoms with van der Waals surface area (Å²) in [5, 5.41) is 0. The zero-order valence-corrected chi connectivity index (χ0v) is 40.8. The van der Waals surface area contributed by atoms with Gasteiger partial charge in [-0.3, -0.25) is 0 Å². The Kier molecular flexibility index (Phi) is 27.6. The van der Waals surface area contributed by atoms with Gasteiger partial charge in [0, 0.05) is 12.2 Å². The molecule has 5 rings (SSSR count). The van der Waals surface area contributed by atoms with Crippen LogP contribution in [0.15, 0.2) is 122 Å².